The Balaban J connectivity index is 2.23. The van der Waals surface area contributed by atoms with Crippen LogP contribution in [0.3, 0.4) is 0 Å². The van der Waals surface area contributed by atoms with Crippen molar-refractivity contribution in [1.82, 2.24) is 0 Å². The predicted molar refractivity (Wildman–Crippen MR) is 210 cm³/mol. The third kappa shape index (κ3) is 26.8. The Morgan fingerprint density at radius 2 is 1.04 bits per heavy atom. The zero-order chi connectivity index (χ0) is 38.8. The molecule has 10 nitrogen and oxygen atoms in total. The molecule has 10 heteroatoms. The SMILES string of the molecule is CCCCCCCCC=CCCCCCCCC(=O)O[C@H]1[C@@H](OC[C@H](O)COC(=O)CCCCCCCCCCCCCCC)O[C@H](CO)[C@@H](O)[C@@H]1O. The molecular formula is C43H80O10. The average Bonchev–Trinajstić information content (AvgIpc) is 3.15. The molecule has 0 unspecified atom stereocenters. The van der Waals surface area contributed by atoms with Gasteiger partial charge in [-0.2, -0.15) is 0 Å². The van der Waals surface area contributed by atoms with Crippen LogP contribution in [0.15, 0.2) is 12.2 Å². The van der Waals surface area contributed by atoms with E-state index in [9.17, 15) is 30.0 Å². The number of esters is 2. The van der Waals surface area contributed by atoms with Crippen molar-refractivity contribution in [2.24, 2.45) is 0 Å². The van der Waals surface area contributed by atoms with E-state index in [0.717, 1.165) is 57.8 Å². The number of carbonyl (C=O) groups is 2. The topological polar surface area (TPSA) is 152 Å². The lowest BCUT2D eigenvalue weighted by Gasteiger charge is -2.41. The van der Waals surface area contributed by atoms with Crippen LogP contribution >= 0.6 is 0 Å². The summed E-state index contributed by atoms with van der Waals surface area (Å²) in [5.74, 6) is -0.941. The van der Waals surface area contributed by atoms with Crippen LogP contribution in [0.25, 0.3) is 0 Å². The van der Waals surface area contributed by atoms with Gasteiger partial charge in [0.1, 0.15) is 31.0 Å². The maximum absolute atomic E-state index is 12.7. The molecule has 0 saturated carbocycles. The van der Waals surface area contributed by atoms with Crippen LogP contribution in [0.5, 0.6) is 0 Å². The monoisotopic (exact) mass is 757 g/mol. The van der Waals surface area contributed by atoms with Crippen LogP contribution in [0, 0.1) is 0 Å². The van der Waals surface area contributed by atoms with Gasteiger partial charge in [-0.05, 0) is 38.5 Å². The van der Waals surface area contributed by atoms with Crippen LogP contribution in [0.2, 0.25) is 0 Å². The lowest BCUT2D eigenvalue weighted by Crippen LogP contribution is -2.60. The second-order valence-electron chi connectivity index (χ2n) is 15.2. The van der Waals surface area contributed by atoms with Gasteiger partial charge in [0, 0.05) is 12.8 Å². The van der Waals surface area contributed by atoms with E-state index in [4.69, 9.17) is 18.9 Å². The highest BCUT2D eigenvalue weighted by Crippen LogP contribution is 2.25. The quantitative estimate of drug-likeness (QED) is 0.0277. The number of rotatable bonds is 36. The summed E-state index contributed by atoms with van der Waals surface area (Å²) in [5.41, 5.74) is 0. The molecular weight excluding hydrogens is 676 g/mol. The van der Waals surface area contributed by atoms with Crippen molar-refractivity contribution in [1.29, 1.82) is 0 Å². The third-order valence-corrected chi connectivity index (χ3v) is 10.1. The molecule has 1 fully saturated rings. The van der Waals surface area contributed by atoms with Crippen LogP contribution in [-0.2, 0) is 28.5 Å². The summed E-state index contributed by atoms with van der Waals surface area (Å²) in [7, 11) is 0. The molecule has 0 bridgehead atoms. The Morgan fingerprint density at radius 1 is 0.604 bits per heavy atom. The molecule has 1 aliphatic heterocycles. The number of aliphatic hydroxyl groups is 4. The van der Waals surface area contributed by atoms with Crippen LogP contribution in [0.4, 0.5) is 0 Å². The van der Waals surface area contributed by atoms with Gasteiger partial charge in [-0.3, -0.25) is 9.59 Å². The first kappa shape index (κ1) is 49.5. The van der Waals surface area contributed by atoms with Crippen molar-refractivity contribution in [3.05, 3.63) is 12.2 Å². The molecule has 312 valence electrons. The van der Waals surface area contributed by atoms with Gasteiger partial charge in [0.25, 0.3) is 0 Å². The summed E-state index contributed by atoms with van der Waals surface area (Å²) in [5, 5.41) is 41.1. The normalized spacial score (nSPS) is 20.9. The second kappa shape index (κ2) is 34.9. The van der Waals surface area contributed by atoms with Crippen molar-refractivity contribution in [2.75, 3.05) is 19.8 Å². The van der Waals surface area contributed by atoms with Gasteiger partial charge in [-0.15, -0.1) is 0 Å². The van der Waals surface area contributed by atoms with Crippen LogP contribution in [-0.4, -0.2) is 89.0 Å². The van der Waals surface area contributed by atoms with Crippen molar-refractivity contribution in [3.63, 3.8) is 0 Å². The zero-order valence-corrected chi connectivity index (χ0v) is 33.8. The highest BCUT2D eigenvalue weighted by atomic mass is 16.7. The summed E-state index contributed by atoms with van der Waals surface area (Å²) < 4.78 is 21.9. The van der Waals surface area contributed by atoms with Crippen molar-refractivity contribution in [3.8, 4) is 0 Å². The van der Waals surface area contributed by atoms with Gasteiger partial charge in [-0.1, -0.05) is 154 Å². The van der Waals surface area contributed by atoms with Gasteiger partial charge in [-0.25, -0.2) is 0 Å². The second-order valence-corrected chi connectivity index (χ2v) is 15.2. The summed E-state index contributed by atoms with van der Waals surface area (Å²) in [6.07, 6.45) is 27.7. The summed E-state index contributed by atoms with van der Waals surface area (Å²) in [6, 6.07) is 0. The van der Waals surface area contributed by atoms with E-state index in [1.54, 1.807) is 0 Å². The maximum atomic E-state index is 12.7. The third-order valence-electron chi connectivity index (χ3n) is 10.1. The fourth-order valence-electron chi connectivity index (χ4n) is 6.67. The van der Waals surface area contributed by atoms with E-state index in [-0.39, 0.29) is 32.0 Å². The highest BCUT2D eigenvalue weighted by molar-refractivity contribution is 5.69. The first-order valence-electron chi connectivity index (χ1n) is 21.8. The zero-order valence-electron chi connectivity index (χ0n) is 33.8. The van der Waals surface area contributed by atoms with E-state index in [2.05, 4.69) is 26.0 Å². The summed E-state index contributed by atoms with van der Waals surface area (Å²) in [4.78, 5) is 24.8. The molecule has 4 N–H and O–H groups in total. The number of aliphatic hydroxyl groups excluding tert-OH is 4. The number of carbonyl (C=O) groups excluding carboxylic acids is 2. The number of ether oxygens (including phenoxy) is 4. The fourth-order valence-corrected chi connectivity index (χ4v) is 6.67. The Labute approximate surface area is 322 Å². The van der Waals surface area contributed by atoms with E-state index in [1.807, 2.05) is 0 Å². The van der Waals surface area contributed by atoms with Gasteiger partial charge >= 0.3 is 11.9 Å². The first-order chi connectivity index (χ1) is 25.8. The maximum Gasteiger partial charge on any atom is 0.306 e. The number of allylic oxidation sites excluding steroid dienone is 2. The van der Waals surface area contributed by atoms with Gasteiger partial charge in [0.05, 0.1) is 13.2 Å². The van der Waals surface area contributed by atoms with E-state index < -0.39 is 49.4 Å². The number of hydrogen-bond donors (Lipinski definition) is 4. The largest absolute Gasteiger partial charge is 0.463 e. The summed E-state index contributed by atoms with van der Waals surface area (Å²) >= 11 is 0. The smallest absolute Gasteiger partial charge is 0.306 e. The molecule has 0 aromatic heterocycles. The van der Waals surface area contributed by atoms with Gasteiger partial charge < -0.3 is 39.4 Å². The molecule has 0 amide bonds. The Kier molecular flexibility index (Phi) is 32.6. The molecule has 0 aromatic carbocycles. The Morgan fingerprint density at radius 3 is 1.51 bits per heavy atom. The molecule has 0 radical (unpaired) electrons. The van der Waals surface area contributed by atoms with Crippen LogP contribution < -0.4 is 0 Å². The minimum Gasteiger partial charge on any atom is -0.463 e. The Hall–Kier alpha value is -1.56. The lowest BCUT2D eigenvalue weighted by molar-refractivity contribution is -0.308. The average molecular weight is 757 g/mol. The highest BCUT2D eigenvalue weighted by Gasteiger charge is 2.47. The molecule has 1 aliphatic rings. The Bertz CT molecular complexity index is 883. The standard InChI is InChI=1S/C43H80O10/c1-3-5-7-9-11-13-15-17-18-20-22-24-26-28-30-32-39(47)53-42-41(49)40(48)37(33-44)52-43(42)51-35-36(45)34-50-38(46)31-29-27-25-23-21-19-16-14-12-10-8-6-4-2/h17-18,36-37,40-45,48-49H,3-16,19-35H2,1-2H3/t36-,37-,40-,41+,42-,43+/m1/s1. The van der Waals surface area contributed by atoms with Gasteiger partial charge in [0.2, 0.25) is 0 Å². The molecule has 0 spiro atoms. The summed E-state index contributed by atoms with van der Waals surface area (Å²) in [6.45, 7) is 3.28. The molecule has 6 atom stereocenters. The van der Waals surface area contributed by atoms with Crippen molar-refractivity contribution in [2.45, 2.75) is 230 Å². The van der Waals surface area contributed by atoms with Gasteiger partial charge in [0.15, 0.2) is 12.4 Å². The molecule has 0 aromatic rings. The lowest BCUT2D eigenvalue weighted by atomic mass is 9.99. The number of hydrogen-bond acceptors (Lipinski definition) is 10. The first-order valence-corrected chi connectivity index (χ1v) is 21.8. The van der Waals surface area contributed by atoms with E-state index in [1.165, 1.54) is 103 Å². The van der Waals surface area contributed by atoms with E-state index in [0.29, 0.717) is 6.42 Å². The van der Waals surface area contributed by atoms with Crippen molar-refractivity contribution < 1.29 is 49.0 Å². The molecule has 1 saturated heterocycles. The molecule has 1 rings (SSSR count). The predicted octanol–water partition coefficient (Wildman–Crippen LogP) is 8.78. The van der Waals surface area contributed by atoms with Crippen molar-refractivity contribution >= 4 is 11.9 Å². The van der Waals surface area contributed by atoms with E-state index >= 15 is 0 Å². The number of unbranched alkanes of at least 4 members (excludes halogenated alkanes) is 23. The molecule has 1 heterocycles. The molecule has 53 heavy (non-hydrogen) atoms. The fraction of sp³-hybridized carbons (Fsp3) is 0.907. The minimum absolute atomic E-state index is 0.144. The molecule has 0 aliphatic carbocycles. The van der Waals surface area contributed by atoms with Crippen LogP contribution in [0.1, 0.15) is 194 Å². The minimum atomic E-state index is -1.56.